The summed E-state index contributed by atoms with van der Waals surface area (Å²) in [4.78, 5) is 18.9. The van der Waals surface area contributed by atoms with Gasteiger partial charge in [-0.3, -0.25) is 0 Å². The van der Waals surface area contributed by atoms with E-state index in [4.69, 9.17) is 16.7 Å². The summed E-state index contributed by atoms with van der Waals surface area (Å²) < 4.78 is 36.9. The van der Waals surface area contributed by atoms with Gasteiger partial charge in [0.1, 0.15) is 17.6 Å². The Bertz CT molecular complexity index is 906. The standard InChI is InChI=1S/C16H16F3N7O/c1-8-11(12(21)13(22)15(24-8)26-27)6-10-3-2-9(7-20)14(25-10)23-5-4-16(17,18)19/h2-3H,4-6,22H2,1H3,(H2,21,24)(H,23,25). The summed E-state index contributed by atoms with van der Waals surface area (Å²) in [5.74, 6) is -0.168. The summed E-state index contributed by atoms with van der Waals surface area (Å²) >= 11 is 0. The van der Waals surface area contributed by atoms with Crippen LogP contribution in [0.3, 0.4) is 0 Å². The van der Waals surface area contributed by atoms with Crippen LogP contribution in [0.2, 0.25) is 0 Å². The van der Waals surface area contributed by atoms with Crippen LogP contribution in [0.25, 0.3) is 0 Å². The number of halogens is 3. The maximum Gasteiger partial charge on any atom is 0.390 e. The van der Waals surface area contributed by atoms with Crippen LogP contribution in [0.15, 0.2) is 17.3 Å². The van der Waals surface area contributed by atoms with E-state index in [0.29, 0.717) is 17.0 Å². The van der Waals surface area contributed by atoms with Crippen molar-refractivity contribution in [3.63, 3.8) is 0 Å². The number of nitrogens with zero attached hydrogens (tertiary/aromatic N) is 4. The number of nitroso groups, excluding NO2 is 1. The summed E-state index contributed by atoms with van der Waals surface area (Å²) in [6.07, 6.45) is -5.22. The van der Waals surface area contributed by atoms with Gasteiger partial charge < -0.3 is 16.8 Å². The van der Waals surface area contributed by atoms with Gasteiger partial charge in [0.2, 0.25) is 5.82 Å². The minimum absolute atomic E-state index is 0.0441. The number of hydrogen-bond acceptors (Lipinski definition) is 8. The lowest BCUT2D eigenvalue weighted by Crippen LogP contribution is -2.16. The van der Waals surface area contributed by atoms with E-state index in [1.54, 1.807) is 13.0 Å². The van der Waals surface area contributed by atoms with Crippen molar-refractivity contribution in [1.29, 1.82) is 5.26 Å². The Labute approximate surface area is 152 Å². The van der Waals surface area contributed by atoms with E-state index in [2.05, 4.69) is 20.5 Å². The van der Waals surface area contributed by atoms with E-state index < -0.39 is 19.1 Å². The molecule has 142 valence electrons. The molecule has 0 unspecified atom stereocenters. The van der Waals surface area contributed by atoms with Crippen molar-refractivity contribution in [3.8, 4) is 6.07 Å². The van der Waals surface area contributed by atoms with Crippen molar-refractivity contribution in [2.24, 2.45) is 5.18 Å². The Morgan fingerprint density at radius 1 is 1.26 bits per heavy atom. The molecule has 0 aliphatic heterocycles. The Morgan fingerprint density at radius 2 is 1.96 bits per heavy atom. The second-order valence-corrected chi connectivity index (χ2v) is 5.70. The number of nitrogens with two attached hydrogens (primary N) is 2. The number of nitrogens with one attached hydrogen (secondary N) is 1. The topological polar surface area (TPSA) is 143 Å². The van der Waals surface area contributed by atoms with Crippen LogP contribution in [0.5, 0.6) is 0 Å². The first-order chi connectivity index (χ1) is 12.7. The summed E-state index contributed by atoms with van der Waals surface area (Å²) in [5.41, 5.74) is 13.2. The minimum Gasteiger partial charge on any atom is -0.397 e. The number of aromatic nitrogens is 2. The highest BCUT2D eigenvalue weighted by Crippen LogP contribution is 2.32. The van der Waals surface area contributed by atoms with E-state index in [9.17, 15) is 18.1 Å². The molecule has 2 rings (SSSR count). The first-order valence-electron chi connectivity index (χ1n) is 7.74. The number of hydrogen-bond donors (Lipinski definition) is 3. The van der Waals surface area contributed by atoms with Gasteiger partial charge in [0.05, 0.1) is 17.7 Å². The summed E-state index contributed by atoms with van der Waals surface area (Å²) in [6.45, 7) is 1.20. The molecule has 0 bridgehead atoms. The zero-order chi connectivity index (χ0) is 20.2. The fourth-order valence-electron chi connectivity index (χ4n) is 2.38. The van der Waals surface area contributed by atoms with E-state index in [0.717, 1.165) is 0 Å². The molecular weight excluding hydrogens is 363 g/mol. The van der Waals surface area contributed by atoms with Crippen LogP contribution in [0, 0.1) is 23.2 Å². The maximum atomic E-state index is 12.3. The summed E-state index contributed by atoms with van der Waals surface area (Å²) in [7, 11) is 0. The molecular formula is C16H16F3N7O. The van der Waals surface area contributed by atoms with Crippen LogP contribution < -0.4 is 16.8 Å². The summed E-state index contributed by atoms with van der Waals surface area (Å²) in [6, 6.07) is 4.87. The molecule has 5 N–H and O–H groups in total. The Hall–Kier alpha value is -3.42. The second-order valence-electron chi connectivity index (χ2n) is 5.70. The van der Waals surface area contributed by atoms with Gasteiger partial charge >= 0.3 is 6.18 Å². The molecule has 0 saturated carbocycles. The van der Waals surface area contributed by atoms with Crippen LogP contribution in [-0.4, -0.2) is 22.7 Å². The molecule has 27 heavy (non-hydrogen) atoms. The van der Waals surface area contributed by atoms with Gasteiger partial charge in [-0.1, -0.05) is 0 Å². The molecule has 0 aliphatic carbocycles. The molecule has 11 heteroatoms. The van der Waals surface area contributed by atoms with Crippen molar-refractivity contribution in [3.05, 3.63) is 39.6 Å². The lowest BCUT2D eigenvalue weighted by molar-refractivity contribution is -0.131. The van der Waals surface area contributed by atoms with Crippen LogP contribution in [0.1, 0.15) is 28.9 Å². The highest BCUT2D eigenvalue weighted by molar-refractivity contribution is 5.77. The van der Waals surface area contributed by atoms with Crippen molar-refractivity contribution in [2.75, 3.05) is 23.3 Å². The van der Waals surface area contributed by atoms with Gasteiger partial charge in [-0.15, -0.1) is 4.91 Å². The van der Waals surface area contributed by atoms with E-state index in [1.807, 2.05) is 6.07 Å². The lowest BCUT2D eigenvalue weighted by Gasteiger charge is -2.14. The zero-order valence-corrected chi connectivity index (χ0v) is 14.3. The molecule has 8 nitrogen and oxygen atoms in total. The number of aryl methyl sites for hydroxylation is 1. The molecule has 0 spiro atoms. The van der Waals surface area contributed by atoms with Gasteiger partial charge in [0, 0.05) is 29.9 Å². The molecule has 0 fully saturated rings. The molecule has 2 aromatic rings. The highest BCUT2D eigenvalue weighted by Gasteiger charge is 2.26. The minimum atomic E-state index is -4.32. The van der Waals surface area contributed by atoms with E-state index in [-0.39, 0.29) is 35.0 Å². The van der Waals surface area contributed by atoms with Gasteiger partial charge in [-0.2, -0.15) is 18.4 Å². The average molecular weight is 379 g/mol. The zero-order valence-electron chi connectivity index (χ0n) is 14.3. The largest absolute Gasteiger partial charge is 0.397 e. The third-order valence-corrected chi connectivity index (χ3v) is 3.79. The monoisotopic (exact) mass is 379 g/mol. The number of alkyl halides is 3. The van der Waals surface area contributed by atoms with E-state index in [1.165, 1.54) is 6.07 Å². The average Bonchev–Trinajstić information content (AvgIpc) is 2.61. The first kappa shape index (κ1) is 19.9. The van der Waals surface area contributed by atoms with Crippen molar-refractivity contribution >= 4 is 23.0 Å². The molecule has 2 heterocycles. The molecule has 0 saturated heterocycles. The fourth-order valence-corrected chi connectivity index (χ4v) is 2.38. The number of rotatable bonds is 6. The smallest absolute Gasteiger partial charge is 0.390 e. The predicted octanol–water partition coefficient (Wildman–Crippen LogP) is 3.17. The predicted molar refractivity (Wildman–Crippen MR) is 94.2 cm³/mol. The second kappa shape index (κ2) is 7.86. The van der Waals surface area contributed by atoms with Gasteiger partial charge in [0.25, 0.3) is 0 Å². The number of anilines is 3. The van der Waals surface area contributed by atoms with Gasteiger partial charge in [0.15, 0.2) is 0 Å². The van der Waals surface area contributed by atoms with Crippen LogP contribution >= 0.6 is 0 Å². The maximum absolute atomic E-state index is 12.3. The number of nitrogen functional groups attached to an aromatic ring is 2. The normalized spacial score (nSPS) is 11.1. The number of pyridine rings is 2. The van der Waals surface area contributed by atoms with Crippen molar-refractivity contribution in [2.45, 2.75) is 25.9 Å². The van der Waals surface area contributed by atoms with Crippen LogP contribution in [-0.2, 0) is 6.42 Å². The highest BCUT2D eigenvalue weighted by atomic mass is 19.4. The van der Waals surface area contributed by atoms with Crippen LogP contribution in [0.4, 0.5) is 36.2 Å². The van der Waals surface area contributed by atoms with Crippen molar-refractivity contribution < 1.29 is 13.2 Å². The van der Waals surface area contributed by atoms with Crippen molar-refractivity contribution in [1.82, 2.24) is 9.97 Å². The lowest BCUT2D eigenvalue weighted by atomic mass is 10.0. The third kappa shape index (κ3) is 4.81. The molecule has 0 radical (unpaired) electrons. The quantitative estimate of drug-likeness (QED) is 0.654. The Balaban J connectivity index is 2.30. The fraction of sp³-hybridized carbons (Fsp3) is 0.312. The number of nitriles is 1. The molecule has 0 aromatic carbocycles. The molecule has 0 atom stereocenters. The SMILES string of the molecule is Cc1nc(N=O)c(N)c(N)c1Cc1ccc(C#N)c(NCCC(F)(F)F)n1. The Kier molecular flexibility index (Phi) is 5.79. The molecule has 0 amide bonds. The first-order valence-corrected chi connectivity index (χ1v) is 7.74. The van der Waals surface area contributed by atoms with E-state index >= 15 is 0 Å². The summed E-state index contributed by atoms with van der Waals surface area (Å²) in [5, 5.41) is 14.3. The molecule has 2 aromatic heterocycles. The molecule has 0 aliphatic rings. The van der Waals surface area contributed by atoms with Gasteiger partial charge in [-0.25, -0.2) is 9.97 Å². The Morgan fingerprint density at radius 3 is 2.56 bits per heavy atom. The third-order valence-electron chi connectivity index (χ3n) is 3.79. The van der Waals surface area contributed by atoms with Gasteiger partial charge in [-0.05, 0) is 24.2 Å².